The molecule has 2 aromatic carbocycles. The molecular formula is C24H29FN4O3. The van der Waals surface area contributed by atoms with Crippen molar-refractivity contribution in [2.24, 2.45) is 0 Å². The van der Waals surface area contributed by atoms with E-state index in [9.17, 15) is 14.0 Å². The highest BCUT2D eigenvalue weighted by molar-refractivity contribution is 6.39. The molecule has 0 saturated carbocycles. The summed E-state index contributed by atoms with van der Waals surface area (Å²) in [5.74, 6) is -1.90. The lowest BCUT2D eigenvalue weighted by atomic mass is 9.95. The molecule has 1 fully saturated rings. The lowest BCUT2D eigenvalue weighted by Crippen LogP contribution is -2.45. The molecule has 32 heavy (non-hydrogen) atoms. The monoisotopic (exact) mass is 440 g/mol. The highest BCUT2D eigenvalue weighted by Crippen LogP contribution is 2.30. The van der Waals surface area contributed by atoms with Gasteiger partial charge in [-0.15, -0.1) is 0 Å². The fourth-order valence-corrected chi connectivity index (χ4v) is 4.35. The average Bonchev–Trinajstić information content (AvgIpc) is 2.81. The van der Waals surface area contributed by atoms with Gasteiger partial charge >= 0.3 is 11.8 Å². The van der Waals surface area contributed by atoms with Gasteiger partial charge < -0.3 is 20.3 Å². The van der Waals surface area contributed by atoms with Crippen LogP contribution in [0, 0.1) is 5.82 Å². The van der Waals surface area contributed by atoms with E-state index >= 15 is 0 Å². The van der Waals surface area contributed by atoms with Crippen LogP contribution >= 0.6 is 0 Å². The van der Waals surface area contributed by atoms with Crippen molar-refractivity contribution in [3.63, 3.8) is 0 Å². The van der Waals surface area contributed by atoms with E-state index in [1.807, 2.05) is 0 Å². The Bertz CT molecular complexity index is 960. The van der Waals surface area contributed by atoms with E-state index in [0.717, 1.165) is 38.0 Å². The Kier molecular flexibility index (Phi) is 7.02. The minimum Gasteiger partial charge on any atom is -0.379 e. The van der Waals surface area contributed by atoms with E-state index in [1.54, 1.807) is 0 Å². The summed E-state index contributed by atoms with van der Waals surface area (Å²) < 4.78 is 18.6. The number of rotatable bonds is 5. The normalized spacial score (nSPS) is 17.4. The molecule has 2 aliphatic rings. The number of benzene rings is 2. The van der Waals surface area contributed by atoms with Crippen molar-refractivity contribution in [3.8, 4) is 0 Å². The summed E-state index contributed by atoms with van der Waals surface area (Å²) in [6.07, 6.45) is 2.16. The van der Waals surface area contributed by atoms with Crippen molar-refractivity contribution in [1.29, 1.82) is 0 Å². The van der Waals surface area contributed by atoms with Crippen molar-refractivity contribution in [2.75, 3.05) is 56.7 Å². The molecule has 4 rings (SSSR count). The highest BCUT2D eigenvalue weighted by Gasteiger charge is 2.26. The lowest BCUT2D eigenvalue weighted by Gasteiger charge is -2.36. The molecule has 0 radical (unpaired) electrons. The van der Waals surface area contributed by atoms with Crippen LogP contribution in [0.25, 0.3) is 0 Å². The van der Waals surface area contributed by atoms with Gasteiger partial charge in [0.1, 0.15) is 5.82 Å². The number of hydrogen-bond acceptors (Lipinski definition) is 5. The quantitative estimate of drug-likeness (QED) is 0.699. The molecule has 2 amide bonds. The number of halogens is 1. The molecule has 2 aliphatic heterocycles. The number of carbonyl (C=O) groups excluding carboxylic acids is 2. The number of amides is 2. The predicted octanol–water partition coefficient (Wildman–Crippen LogP) is 2.34. The standard InChI is InChI=1S/C24H29FN4O3/c1-28-10-2-3-17-15-18(4-9-21(17)28)22(29-11-13-32-14-12-29)16-26-23(30)24(31)27-20-7-5-19(25)6-8-20/h4-9,15,22H,2-3,10-14,16H2,1H3,(H,26,30)(H,27,31). The van der Waals surface area contributed by atoms with Gasteiger partial charge in [-0.3, -0.25) is 14.5 Å². The number of ether oxygens (including phenoxy) is 1. The lowest BCUT2D eigenvalue weighted by molar-refractivity contribution is -0.136. The van der Waals surface area contributed by atoms with E-state index in [2.05, 4.69) is 45.7 Å². The molecule has 2 heterocycles. The van der Waals surface area contributed by atoms with Gasteiger partial charge in [-0.2, -0.15) is 0 Å². The minimum absolute atomic E-state index is 0.0565. The van der Waals surface area contributed by atoms with Crippen molar-refractivity contribution in [1.82, 2.24) is 10.2 Å². The zero-order chi connectivity index (χ0) is 22.5. The summed E-state index contributed by atoms with van der Waals surface area (Å²) in [5.41, 5.74) is 4.06. The van der Waals surface area contributed by atoms with Crippen LogP contribution in [0.5, 0.6) is 0 Å². The Morgan fingerprint density at radius 1 is 1.06 bits per heavy atom. The van der Waals surface area contributed by atoms with Crippen LogP contribution in [0.15, 0.2) is 42.5 Å². The van der Waals surface area contributed by atoms with Gasteiger partial charge in [-0.1, -0.05) is 12.1 Å². The summed E-state index contributed by atoms with van der Waals surface area (Å²) >= 11 is 0. The van der Waals surface area contributed by atoms with Crippen LogP contribution in [0.3, 0.4) is 0 Å². The highest BCUT2D eigenvalue weighted by atomic mass is 19.1. The van der Waals surface area contributed by atoms with E-state index in [4.69, 9.17) is 4.74 Å². The number of aryl methyl sites for hydroxylation is 1. The van der Waals surface area contributed by atoms with Gasteiger partial charge in [0.05, 0.1) is 19.3 Å². The third-order valence-electron chi connectivity index (χ3n) is 6.09. The molecule has 2 N–H and O–H groups in total. The first kappa shape index (κ1) is 22.2. The molecule has 0 bridgehead atoms. The molecule has 1 saturated heterocycles. The number of fused-ring (bicyclic) bond motifs is 1. The van der Waals surface area contributed by atoms with Crippen LogP contribution < -0.4 is 15.5 Å². The number of morpholine rings is 1. The van der Waals surface area contributed by atoms with E-state index < -0.39 is 17.6 Å². The maximum absolute atomic E-state index is 13.0. The van der Waals surface area contributed by atoms with Crippen molar-refractivity contribution in [3.05, 3.63) is 59.4 Å². The number of nitrogens with zero attached hydrogens (tertiary/aromatic N) is 2. The number of nitrogens with one attached hydrogen (secondary N) is 2. The Hall–Kier alpha value is -2.97. The molecule has 1 unspecified atom stereocenters. The fraction of sp³-hybridized carbons (Fsp3) is 0.417. The van der Waals surface area contributed by atoms with Gasteiger partial charge in [-0.05, 0) is 54.3 Å². The molecule has 1 atom stereocenters. The summed E-state index contributed by atoms with van der Waals surface area (Å²) in [6.45, 7) is 4.17. The second kappa shape index (κ2) is 10.1. The molecule has 170 valence electrons. The average molecular weight is 441 g/mol. The molecule has 7 nitrogen and oxygen atoms in total. The van der Waals surface area contributed by atoms with Crippen molar-refractivity contribution < 1.29 is 18.7 Å². The topological polar surface area (TPSA) is 73.9 Å². The first-order valence-electron chi connectivity index (χ1n) is 11.0. The van der Waals surface area contributed by atoms with Gasteiger partial charge in [0.2, 0.25) is 0 Å². The fourth-order valence-electron chi connectivity index (χ4n) is 4.35. The molecule has 2 aromatic rings. The van der Waals surface area contributed by atoms with Gasteiger partial charge in [0, 0.05) is 44.6 Å². The largest absolute Gasteiger partial charge is 0.379 e. The minimum atomic E-state index is -0.774. The molecule has 8 heteroatoms. The first-order chi connectivity index (χ1) is 15.5. The third-order valence-corrected chi connectivity index (χ3v) is 6.09. The molecule has 0 aliphatic carbocycles. The van der Waals surface area contributed by atoms with E-state index in [0.29, 0.717) is 25.4 Å². The smallest absolute Gasteiger partial charge is 0.313 e. The molecule has 0 spiro atoms. The Balaban J connectivity index is 1.45. The number of hydrogen-bond donors (Lipinski definition) is 2. The van der Waals surface area contributed by atoms with Crippen LogP contribution in [-0.2, 0) is 20.7 Å². The van der Waals surface area contributed by atoms with Crippen LogP contribution in [-0.4, -0.2) is 63.2 Å². The van der Waals surface area contributed by atoms with Crippen LogP contribution in [0.2, 0.25) is 0 Å². The first-order valence-corrected chi connectivity index (χ1v) is 11.0. The zero-order valence-electron chi connectivity index (χ0n) is 18.3. The Morgan fingerprint density at radius 2 is 1.81 bits per heavy atom. The third kappa shape index (κ3) is 5.26. The van der Waals surface area contributed by atoms with E-state index in [1.165, 1.54) is 35.5 Å². The molecular weight excluding hydrogens is 411 g/mol. The maximum atomic E-state index is 13.0. The predicted molar refractivity (Wildman–Crippen MR) is 121 cm³/mol. The van der Waals surface area contributed by atoms with Crippen molar-refractivity contribution in [2.45, 2.75) is 18.9 Å². The van der Waals surface area contributed by atoms with Gasteiger partial charge in [0.25, 0.3) is 0 Å². The SMILES string of the molecule is CN1CCCc2cc(C(CNC(=O)C(=O)Nc3ccc(F)cc3)N3CCOCC3)ccc21. The number of carbonyl (C=O) groups is 2. The summed E-state index contributed by atoms with van der Waals surface area (Å²) in [6, 6.07) is 11.7. The van der Waals surface area contributed by atoms with E-state index in [-0.39, 0.29) is 6.04 Å². The van der Waals surface area contributed by atoms with Crippen LogP contribution in [0.4, 0.5) is 15.8 Å². The Labute approximate surface area is 187 Å². The summed E-state index contributed by atoms with van der Waals surface area (Å²) in [4.78, 5) is 29.3. The number of anilines is 2. The molecule has 0 aromatic heterocycles. The van der Waals surface area contributed by atoms with Gasteiger partial charge in [-0.25, -0.2) is 4.39 Å². The zero-order valence-corrected chi connectivity index (χ0v) is 18.3. The summed E-state index contributed by atoms with van der Waals surface area (Å²) in [5, 5.41) is 5.28. The van der Waals surface area contributed by atoms with Gasteiger partial charge in [0.15, 0.2) is 0 Å². The van der Waals surface area contributed by atoms with Crippen LogP contribution in [0.1, 0.15) is 23.6 Å². The Morgan fingerprint density at radius 3 is 2.56 bits per heavy atom. The summed E-state index contributed by atoms with van der Waals surface area (Å²) in [7, 11) is 2.11. The maximum Gasteiger partial charge on any atom is 0.313 e. The van der Waals surface area contributed by atoms with Crippen molar-refractivity contribution >= 4 is 23.2 Å². The second-order valence-electron chi connectivity index (χ2n) is 8.25. The second-order valence-corrected chi connectivity index (χ2v) is 8.25.